The summed E-state index contributed by atoms with van der Waals surface area (Å²) in [7, 11) is -2.19. The number of carbonyl (C=O) groups excluding carboxylic acids is 1. The molecule has 1 saturated heterocycles. The van der Waals surface area contributed by atoms with Crippen LogP contribution in [-0.4, -0.2) is 38.8 Å². The molecule has 7 heteroatoms. The van der Waals surface area contributed by atoms with Crippen LogP contribution in [0.1, 0.15) is 36.0 Å². The Hall–Kier alpha value is -2.64. The van der Waals surface area contributed by atoms with Crippen molar-refractivity contribution in [2.24, 2.45) is 0 Å². The maximum absolute atomic E-state index is 13.1. The van der Waals surface area contributed by atoms with Crippen molar-refractivity contribution in [1.29, 1.82) is 0 Å². The number of aryl methyl sites for hydroxylation is 2. The highest BCUT2D eigenvalue weighted by Crippen LogP contribution is 2.30. The number of rotatable bonds is 6. The van der Waals surface area contributed by atoms with Gasteiger partial charge in [-0.1, -0.05) is 30.2 Å². The van der Waals surface area contributed by atoms with Gasteiger partial charge >= 0.3 is 0 Å². The summed E-state index contributed by atoms with van der Waals surface area (Å²) in [6.45, 7) is 4.97. The molecule has 0 spiro atoms. The van der Waals surface area contributed by atoms with Crippen LogP contribution < -0.4 is 10.1 Å². The first-order valence-corrected chi connectivity index (χ1v) is 11.5. The van der Waals surface area contributed by atoms with Crippen molar-refractivity contribution in [1.82, 2.24) is 4.31 Å². The third-order valence-electron chi connectivity index (χ3n) is 5.19. The highest BCUT2D eigenvalue weighted by molar-refractivity contribution is 7.89. The van der Waals surface area contributed by atoms with Crippen molar-refractivity contribution in [2.45, 2.75) is 38.0 Å². The molecule has 0 unspecified atom stereocenters. The van der Waals surface area contributed by atoms with E-state index >= 15 is 0 Å². The molecule has 0 bridgehead atoms. The minimum absolute atomic E-state index is 0.129. The molecule has 1 aliphatic rings. The molecule has 1 fully saturated rings. The van der Waals surface area contributed by atoms with Crippen LogP contribution in [0.2, 0.25) is 0 Å². The molecule has 1 heterocycles. The quantitative estimate of drug-likeness (QED) is 0.702. The Balaban J connectivity index is 1.81. The van der Waals surface area contributed by atoms with Gasteiger partial charge in [-0.25, -0.2) is 8.42 Å². The number of piperidine rings is 1. The van der Waals surface area contributed by atoms with Gasteiger partial charge in [-0.3, -0.25) is 4.79 Å². The van der Waals surface area contributed by atoms with Gasteiger partial charge in [0.15, 0.2) is 0 Å². The van der Waals surface area contributed by atoms with Gasteiger partial charge in [-0.2, -0.15) is 4.31 Å². The first-order chi connectivity index (χ1) is 14.3. The number of anilines is 1. The number of ether oxygens (including phenoxy) is 1. The van der Waals surface area contributed by atoms with E-state index in [1.807, 2.05) is 32.0 Å². The Bertz CT molecular complexity index is 1050. The number of hydrogen-bond donors (Lipinski definition) is 1. The molecule has 160 valence electrons. The molecule has 0 radical (unpaired) electrons. The lowest BCUT2D eigenvalue weighted by Gasteiger charge is -2.26. The molecule has 0 aromatic heterocycles. The lowest BCUT2D eigenvalue weighted by Crippen LogP contribution is -2.35. The zero-order valence-corrected chi connectivity index (χ0v) is 18.5. The number of nitrogens with zero attached hydrogens (tertiary/aromatic N) is 1. The predicted octanol–water partition coefficient (Wildman–Crippen LogP) is 4.14. The first-order valence-electron chi connectivity index (χ1n) is 10.1. The third kappa shape index (κ3) is 5.09. The van der Waals surface area contributed by atoms with Gasteiger partial charge in [0.1, 0.15) is 10.6 Å². The lowest BCUT2D eigenvalue weighted by atomic mass is 10.1. The largest absolute Gasteiger partial charge is 0.495 e. The minimum Gasteiger partial charge on any atom is -0.495 e. The molecule has 6 nitrogen and oxygen atoms in total. The summed E-state index contributed by atoms with van der Waals surface area (Å²) < 4.78 is 33.0. The van der Waals surface area contributed by atoms with Crippen molar-refractivity contribution in [2.75, 3.05) is 25.5 Å². The van der Waals surface area contributed by atoms with Crippen molar-refractivity contribution in [3.8, 4) is 5.75 Å². The molecule has 0 atom stereocenters. The van der Waals surface area contributed by atoms with Crippen molar-refractivity contribution >= 4 is 27.7 Å². The molecule has 30 heavy (non-hydrogen) atoms. The highest BCUT2D eigenvalue weighted by atomic mass is 32.2. The molecule has 2 aromatic rings. The summed E-state index contributed by atoms with van der Waals surface area (Å²) in [5.41, 5.74) is 3.47. The van der Waals surface area contributed by atoms with Crippen LogP contribution in [-0.2, 0) is 14.8 Å². The smallest absolute Gasteiger partial charge is 0.248 e. The van der Waals surface area contributed by atoms with Gasteiger partial charge in [0.2, 0.25) is 15.9 Å². The van der Waals surface area contributed by atoms with Gasteiger partial charge in [0.25, 0.3) is 0 Å². The second-order valence-electron chi connectivity index (χ2n) is 7.52. The summed E-state index contributed by atoms with van der Waals surface area (Å²) in [6, 6.07) is 10.7. The molecule has 1 amide bonds. The highest BCUT2D eigenvalue weighted by Gasteiger charge is 2.29. The van der Waals surface area contributed by atoms with Crippen LogP contribution in [0, 0.1) is 13.8 Å². The van der Waals surface area contributed by atoms with Crippen molar-refractivity contribution in [3.05, 3.63) is 59.2 Å². The van der Waals surface area contributed by atoms with Crippen LogP contribution in [0.3, 0.4) is 0 Å². The van der Waals surface area contributed by atoms with E-state index in [1.165, 1.54) is 17.5 Å². The SMILES string of the molecule is COc1ccc(/C=C/C(=O)Nc2ccc(C)cc2C)cc1S(=O)(=O)N1CCCCC1. The van der Waals surface area contributed by atoms with Crippen molar-refractivity contribution in [3.63, 3.8) is 0 Å². The van der Waals surface area contributed by atoms with E-state index in [-0.39, 0.29) is 10.8 Å². The lowest BCUT2D eigenvalue weighted by molar-refractivity contribution is -0.111. The van der Waals surface area contributed by atoms with Gasteiger partial charge in [0.05, 0.1) is 7.11 Å². The van der Waals surface area contributed by atoms with Gasteiger partial charge in [0, 0.05) is 24.9 Å². The number of hydrogen-bond acceptors (Lipinski definition) is 4. The van der Waals surface area contributed by atoms with Gasteiger partial charge in [-0.05, 0) is 62.1 Å². The molecule has 2 aromatic carbocycles. The predicted molar refractivity (Wildman–Crippen MR) is 119 cm³/mol. The monoisotopic (exact) mass is 428 g/mol. The number of carbonyl (C=O) groups is 1. The van der Waals surface area contributed by atoms with Crippen molar-refractivity contribution < 1.29 is 17.9 Å². The summed E-state index contributed by atoms with van der Waals surface area (Å²) in [6.07, 6.45) is 5.77. The molecular formula is C23H28N2O4S. The fourth-order valence-electron chi connectivity index (χ4n) is 3.54. The fraction of sp³-hybridized carbons (Fsp3) is 0.348. The standard InChI is InChI=1S/C23H28N2O4S/c1-17-7-10-20(18(2)15-17)24-23(26)12-9-19-8-11-21(29-3)22(16-19)30(27,28)25-13-5-4-6-14-25/h7-12,15-16H,4-6,13-14H2,1-3H3,(H,24,26)/b12-9+. The molecule has 1 N–H and O–H groups in total. The van der Waals surface area contributed by atoms with E-state index in [2.05, 4.69) is 5.32 Å². The summed E-state index contributed by atoms with van der Waals surface area (Å²) in [5.74, 6) is 0.0238. The maximum atomic E-state index is 13.1. The fourth-order valence-corrected chi connectivity index (χ4v) is 5.25. The Labute approximate surface area is 178 Å². The summed E-state index contributed by atoms with van der Waals surface area (Å²) in [5, 5.41) is 2.85. The van der Waals surface area contributed by atoms with E-state index in [4.69, 9.17) is 4.74 Å². The Kier molecular flexibility index (Phi) is 6.95. The Morgan fingerprint density at radius 2 is 1.80 bits per heavy atom. The van der Waals surface area contributed by atoms with Gasteiger partial charge in [-0.15, -0.1) is 0 Å². The molecule has 3 rings (SSSR count). The summed E-state index contributed by atoms with van der Waals surface area (Å²) >= 11 is 0. The maximum Gasteiger partial charge on any atom is 0.248 e. The summed E-state index contributed by atoms with van der Waals surface area (Å²) in [4.78, 5) is 12.5. The minimum atomic E-state index is -3.65. The average Bonchev–Trinajstić information content (AvgIpc) is 2.74. The zero-order valence-electron chi connectivity index (χ0n) is 17.6. The van der Waals surface area contributed by atoms with Crippen LogP contribution >= 0.6 is 0 Å². The molecule has 0 aliphatic carbocycles. The van der Waals surface area contributed by atoms with E-state index in [0.717, 1.165) is 36.1 Å². The van der Waals surface area contributed by atoms with E-state index in [0.29, 0.717) is 24.4 Å². The van der Waals surface area contributed by atoms with Crippen LogP contribution in [0.4, 0.5) is 5.69 Å². The van der Waals surface area contributed by atoms with E-state index in [9.17, 15) is 13.2 Å². The number of methoxy groups -OCH3 is 1. The van der Waals surface area contributed by atoms with Crippen LogP contribution in [0.25, 0.3) is 6.08 Å². The number of amides is 1. The van der Waals surface area contributed by atoms with E-state index < -0.39 is 10.0 Å². The van der Waals surface area contributed by atoms with E-state index in [1.54, 1.807) is 24.3 Å². The number of sulfonamides is 1. The van der Waals surface area contributed by atoms with Crippen LogP contribution in [0.5, 0.6) is 5.75 Å². The van der Waals surface area contributed by atoms with Gasteiger partial charge < -0.3 is 10.1 Å². The second-order valence-corrected chi connectivity index (χ2v) is 9.42. The zero-order chi connectivity index (χ0) is 21.7. The average molecular weight is 429 g/mol. The number of benzene rings is 2. The third-order valence-corrected chi connectivity index (χ3v) is 7.11. The topological polar surface area (TPSA) is 75.7 Å². The Morgan fingerprint density at radius 3 is 2.47 bits per heavy atom. The number of nitrogens with one attached hydrogen (secondary N) is 1. The Morgan fingerprint density at radius 1 is 1.07 bits per heavy atom. The normalized spacial score (nSPS) is 15.3. The van der Waals surface area contributed by atoms with Crippen LogP contribution in [0.15, 0.2) is 47.4 Å². The molecule has 0 saturated carbocycles. The second kappa shape index (κ2) is 9.45. The molecular weight excluding hydrogens is 400 g/mol. The first kappa shape index (κ1) is 22.1. The molecule has 1 aliphatic heterocycles.